The average molecular weight is 672 g/mol. The normalized spacial score (nSPS) is 16.3. The predicted octanol–water partition coefficient (Wildman–Crippen LogP) is 5.05. The minimum Gasteiger partial charge on any atom is -0.491 e. The van der Waals surface area contributed by atoms with Crippen molar-refractivity contribution in [2.24, 2.45) is 0 Å². The van der Waals surface area contributed by atoms with Gasteiger partial charge >= 0.3 is 6.03 Å². The second kappa shape index (κ2) is 14.4. The van der Waals surface area contributed by atoms with Crippen LogP contribution < -0.4 is 15.4 Å². The van der Waals surface area contributed by atoms with Crippen molar-refractivity contribution in [3.63, 3.8) is 0 Å². The molecule has 3 aromatic rings. The molecule has 9 nitrogen and oxygen atoms in total. The zero-order chi connectivity index (χ0) is 29.4. The molecule has 1 aliphatic rings. The van der Waals surface area contributed by atoms with Crippen molar-refractivity contribution in [1.82, 2.24) is 10.2 Å². The lowest BCUT2D eigenvalue weighted by Crippen LogP contribution is -2.50. The van der Waals surface area contributed by atoms with Crippen LogP contribution in [-0.2, 0) is 19.1 Å². The number of methoxy groups -OCH3 is 1. The van der Waals surface area contributed by atoms with Crippen molar-refractivity contribution in [2.75, 3.05) is 38.9 Å². The number of hydrogen-bond donors (Lipinski definition) is 2. The van der Waals surface area contributed by atoms with Crippen LogP contribution in [0.25, 0.3) is 0 Å². The number of aryl methyl sites for hydroxylation is 1. The number of benzene rings is 3. The molecule has 41 heavy (non-hydrogen) atoms. The molecule has 1 aliphatic heterocycles. The van der Waals surface area contributed by atoms with Gasteiger partial charge < -0.3 is 24.8 Å². The highest BCUT2D eigenvalue weighted by Crippen LogP contribution is 2.32. The van der Waals surface area contributed by atoms with E-state index in [9.17, 15) is 14.4 Å². The third-order valence-electron chi connectivity index (χ3n) is 6.90. The topological polar surface area (TPSA) is 106 Å². The van der Waals surface area contributed by atoms with Gasteiger partial charge in [0.2, 0.25) is 5.91 Å². The van der Waals surface area contributed by atoms with Crippen LogP contribution in [0, 0.1) is 10.5 Å². The Morgan fingerprint density at radius 1 is 1.00 bits per heavy atom. The van der Waals surface area contributed by atoms with Crippen LogP contribution in [0.3, 0.4) is 0 Å². The van der Waals surface area contributed by atoms with Gasteiger partial charge in [-0.2, -0.15) is 0 Å². The van der Waals surface area contributed by atoms with Crippen molar-refractivity contribution < 1.29 is 28.6 Å². The molecule has 2 unspecified atom stereocenters. The number of nitrogens with zero attached hydrogens (tertiary/aromatic N) is 1. The highest BCUT2D eigenvalue weighted by Gasteiger charge is 2.47. The van der Waals surface area contributed by atoms with E-state index < -0.39 is 35.8 Å². The van der Waals surface area contributed by atoms with E-state index in [1.807, 2.05) is 62.4 Å². The maximum absolute atomic E-state index is 13.8. The molecule has 0 aliphatic carbocycles. The van der Waals surface area contributed by atoms with E-state index in [2.05, 4.69) is 33.2 Å². The van der Waals surface area contributed by atoms with E-state index in [-0.39, 0.29) is 0 Å². The summed E-state index contributed by atoms with van der Waals surface area (Å²) in [6.07, 6.45) is 0. The first-order valence-electron chi connectivity index (χ1n) is 13.3. The first-order chi connectivity index (χ1) is 19.8. The maximum atomic E-state index is 13.8. The number of amides is 4. The minimum absolute atomic E-state index is 0.365. The van der Waals surface area contributed by atoms with Gasteiger partial charge in [-0.3, -0.25) is 9.59 Å². The van der Waals surface area contributed by atoms with Gasteiger partial charge in [-0.15, -0.1) is 0 Å². The Labute approximate surface area is 253 Å². The summed E-state index contributed by atoms with van der Waals surface area (Å²) >= 11 is 2.21. The number of nitrogens with one attached hydrogen (secondary N) is 2. The molecule has 4 amide bonds. The van der Waals surface area contributed by atoms with Crippen LogP contribution in [0.15, 0.2) is 72.8 Å². The number of urea groups is 1. The van der Waals surface area contributed by atoms with Gasteiger partial charge in [0.25, 0.3) is 5.91 Å². The molecule has 3 aromatic carbocycles. The molecular formula is C31H34IN3O6. The molecule has 2 N–H and O–H groups in total. The molecule has 10 heteroatoms. The number of ether oxygens (including phenoxy) is 3. The first kappa shape index (κ1) is 30.5. The molecule has 1 heterocycles. The molecule has 0 radical (unpaired) electrons. The quantitative estimate of drug-likeness (QED) is 0.150. The van der Waals surface area contributed by atoms with Gasteiger partial charge in [0.1, 0.15) is 24.4 Å². The van der Waals surface area contributed by atoms with Crippen molar-refractivity contribution in [2.45, 2.75) is 31.8 Å². The maximum Gasteiger partial charge on any atom is 0.325 e. The first-order valence-corrected chi connectivity index (χ1v) is 14.4. The molecule has 0 aromatic heterocycles. The SMILES string of the molecule is COCCOCCOc1ccc([C@H]2NC(=O)N(C(C(=O)Nc3ccc(I)cc3C)C(C)c3ccccc3)C2=O)cc1. The van der Waals surface area contributed by atoms with Crippen LogP contribution in [0.2, 0.25) is 0 Å². The summed E-state index contributed by atoms with van der Waals surface area (Å²) in [7, 11) is 1.61. The number of carbonyl (C=O) groups is 3. The molecule has 0 saturated carbocycles. The Bertz CT molecular complexity index is 1350. The highest BCUT2D eigenvalue weighted by molar-refractivity contribution is 14.1. The standard InChI is InChI=1S/C31H34IN3O6/c1-20-19-24(32)11-14-26(20)33-29(36)28(21(2)22-7-5-4-6-8-22)35-30(37)27(34-31(35)38)23-9-12-25(13-10-23)41-18-17-40-16-15-39-3/h4-14,19,21,27-28H,15-18H2,1-3H3,(H,33,36)(H,34,38)/t21?,27-,28?/m1/s1. The Morgan fingerprint density at radius 2 is 1.71 bits per heavy atom. The Kier molecular flexibility index (Phi) is 10.7. The molecule has 4 rings (SSSR count). The fourth-order valence-corrected chi connectivity index (χ4v) is 5.33. The molecule has 1 saturated heterocycles. The molecular weight excluding hydrogens is 637 g/mol. The van der Waals surface area contributed by atoms with Crippen LogP contribution >= 0.6 is 22.6 Å². The molecule has 0 bridgehead atoms. The average Bonchev–Trinajstić information content (AvgIpc) is 3.26. The second-order valence-corrected chi connectivity index (χ2v) is 11.0. The Hall–Kier alpha value is -3.48. The number of hydrogen-bond acceptors (Lipinski definition) is 6. The lowest BCUT2D eigenvalue weighted by molar-refractivity contribution is -0.134. The van der Waals surface area contributed by atoms with Gasteiger partial charge in [-0.1, -0.05) is 49.4 Å². The smallest absolute Gasteiger partial charge is 0.325 e. The summed E-state index contributed by atoms with van der Waals surface area (Å²) in [6.45, 7) is 5.54. The predicted molar refractivity (Wildman–Crippen MR) is 164 cm³/mol. The molecule has 1 fully saturated rings. The summed E-state index contributed by atoms with van der Waals surface area (Å²) in [4.78, 5) is 41.9. The third-order valence-corrected chi connectivity index (χ3v) is 7.58. The monoisotopic (exact) mass is 671 g/mol. The summed E-state index contributed by atoms with van der Waals surface area (Å²) < 4.78 is 17.1. The Morgan fingerprint density at radius 3 is 2.39 bits per heavy atom. The fraction of sp³-hybridized carbons (Fsp3) is 0.323. The van der Waals surface area contributed by atoms with Crippen LogP contribution in [0.5, 0.6) is 5.75 Å². The van der Waals surface area contributed by atoms with E-state index in [1.165, 1.54) is 0 Å². The van der Waals surface area contributed by atoms with Gasteiger partial charge in [-0.25, -0.2) is 9.69 Å². The van der Waals surface area contributed by atoms with Gasteiger partial charge in [0.15, 0.2) is 0 Å². The van der Waals surface area contributed by atoms with Gasteiger partial charge in [0.05, 0.1) is 19.8 Å². The van der Waals surface area contributed by atoms with Crippen LogP contribution in [0.4, 0.5) is 10.5 Å². The van der Waals surface area contributed by atoms with E-state index >= 15 is 0 Å². The fourth-order valence-electron chi connectivity index (χ4n) is 4.68. The molecule has 0 spiro atoms. The van der Waals surface area contributed by atoms with Crippen molar-refractivity contribution in [3.8, 4) is 5.75 Å². The van der Waals surface area contributed by atoms with E-state index in [1.54, 1.807) is 31.4 Å². The number of halogens is 1. The number of rotatable bonds is 13. The lowest BCUT2D eigenvalue weighted by Gasteiger charge is -2.30. The summed E-state index contributed by atoms with van der Waals surface area (Å²) in [5.74, 6) is -0.778. The zero-order valence-corrected chi connectivity index (χ0v) is 25.4. The van der Waals surface area contributed by atoms with Crippen molar-refractivity contribution >= 4 is 46.1 Å². The molecule has 3 atom stereocenters. The van der Waals surface area contributed by atoms with Crippen molar-refractivity contribution in [1.29, 1.82) is 0 Å². The van der Waals surface area contributed by atoms with E-state index in [0.29, 0.717) is 43.4 Å². The third kappa shape index (κ3) is 7.63. The van der Waals surface area contributed by atoms with E-state index in [4.69, 9.17) is 14.2 Å². The summed E-state index contributed by atoms with van der Waals surface area (Å²) in [5.41, 5.74) is 2.94. The lowest BCUT2D eigenvalue weighted by atomic mass is 9.91. The largest absolute Gasteiger partial charge is 0.491 e. The number of anilines is 1. The minimum atomic E-state index is -1.07. The molecule has 216 valence electrons. The van der Waals surface area contributed by atoms with Crippen molar-refractivity contribution in [3.05, 3.63) is 93.1 Å². The van der Waals surface area contributed by atoms with E-state index in [0.717, 1.165) is 19.6 Å². The van der Waals surface area contributed by atoms with Gasteiger partial charge in [0, 0.05) is 22.3 Å². The number of carbonyl (C=O) groups excluding carboxylic acids is 3. The van der Waals surface area contributed by atoms with Crippen LogP contribution in [-0.4, -0.2) is 62.3 Å². The number of imide groups is 1. The van der Waals surface area contributed by atoms with Crippen LogP contribution in [0.1, 0.15) is 35.6 Å². The van der Waals surface area contributed by atoms with Gasteiger partial charge in [-0.05, 0) is 76.5 Å². The summed E-state index contributed by atoms with van der Waals surface area (Å²) in [6, 6.07) is 19.4. The highest BCUT2D eigenvalue weighted by atomic mass is 127. The zero-order valence-electron chi connectivity index (χ0n) is 23.3. The Balaban J connectivity index is 1.52. The summed E-state index contributed by atoms with van der Waals surface area (Å²) in [5, 5.41) is 5.72. The second-order valence-electron chi connectivity index (χ2n) is 9.71.